The number of aliphatic hydroxyl groups is 2. The molecule has 2 aromatic carbocycles. The fourth-order valence-corrected chi connectivity index (χ4v) is 5.98. The quantitative estimate of drug-likeness (QED) is 0.0881. The van der Waals surface area contributed by atoms with Crippen LogP contribution in [0.2, 0.25) is 10.0 Å². The minimum Gasteiger partial charge on any atom is -0.390 e. The number of H-pyrrole nitrogens is 1. The van der Waals surface area contributed by atoms with Crippen LogP contribution in [0.4, 0.5) is 0 Å². The number of aldehydes is 1. The lowest BCUT2D eigenvalue weighted by Crippen LogP contribution is -2.52. The topological polar surface area (TPSA) is 187 Å². The van der Waals surface area contributed by atoms with Gasteiger partial charge in [-0.05, 0) is 42.2 Å². The molecule has 5 rings (SSSR count). The van der Waals surface area contributed by atoms with Crippen LogP contribution in [-0.4, -0.2) is 98.7 Å². The lowest BCUT2D eigenvalue weighted by molar-refractivity contribution is -0.109. The molecule has 0 radical (unpaired) electrons. The molecule has 5 N–H and O–H groups in total. The van der Waals surface area contributed by atoms with Crippen LogP contribution >= 0.6 is 23.2 Å². The molecule has 2 amide bonds. The number of rotatable bonds is 6. The second-order valence-corrected chi connectivity index (χ2v) is 11.1. The molecule has 1 fully saturated rings. The molecule has 2 aliphatic rings. The molecule has 0 bridgehead atoms. The summed E-state index contributed by atoms with van der Waals surface area (Å²) in [5.41, 5.74) is 2.68. The molecule has 3 aromatic rings. The largest absolute Gasteiger partial charge is 0.390 e. The maximum absolute atomic E-state index is 13.2. The van der Waals surface area contributed by atoms with Crippen LogP contribution in [0.5, 0.6) is 0 Å². The summed E-state index contributed by atoms with van der Waals surface area (Å²) in [6.45, 7) is 0.773. The van der Waals surface area contributed by atoms with Crippen molar-refractivity contribution >= 4 is 58.2 Å². The van der Waals surface area contributed by atoms with Gasteiger partial charge in [0.25, 0.3) is 11.8 Å². The number of amides is 2. The van der Waals surface area contributed by atoms with Crippen molar-refractivity contribution in [3.8, 4) is 6.19 Å². The van der Waals surface area contributed by atoms with E-state index < -0.39 is 24.2 Å². The SMILES string of the molecule is N#CNC(=NC[C@@H](C=O)NC(=O)c1c(Cl)cc2c(c1Cl)CCN(C(=O)c1ccc3cn[nH]c3c1)C2)N1CC[C@@H](O)[C@@H](O)C1. The van der Waals surface area contributed by atoms with Gasteiger partial charge in [-0.1, -0.05) is 29.3 Å². The standard InChI is InChI=1S/C28H28Cl2N8O5/c29-20-7-17-11-37(27(43)15-1-2-16-9-34-36-21(16)8-15)5-3-19(17)25(30)24(20)26(42)35-18(13-39)10-32-28(33-14-31)38-6-4-22(40)23(41)12-38/h1-2,7-9,13,18,22-23,40-41H,3-6,10-12H2,(H,32,33)(H,34,36)(H,35,42)/t18-,22+,23-/m0/s1. The summed E-state index contributed by atoms with van der Waals surface area (Å²) >= 11 is 13.2. The molecule has 0 aliphatic carbocycles. The van der Waals surface area contributed by atoms with Gasteiger partial charge in [-0.15, -0.1) is 0 Å². The number of fused-ring (bicyclic) bond motifs is 2. The zero-order valence-corrected chi connectivity index (χ0v) is 24.3. The number of aromatic amines is 1. The Morgan fingerprint density at radius 1 is 1.23 bits per heavy atom. The number of nitriles is 1. The molecule has 2 aliphatic heterocycles. The van der Waals surface area contributed by atoms with Crippen molar-refractivity contribution in [2.24, 2.45) is 4.99 Å². The van der Waals surface area contributed by atoms with E-state index in [0.29, 0.717) is 42.5 Å². The van der Waals surface area contributed by atoms with Gasteiger partial charge in [0.1, 0.15) is 12.3 Å². The number of benzene rings is 2. The molecule has 0 spiro atoms. The number of β-amino-alcohol motifs (C(OH)–C–C–N with tert-alkyl or cyclic N) is 1. The van der Waals surface area contributed by atoms with Gasteiger partial charge in [-0.3, -0.25) is 20.0 Å². The summed E-state index contributed by atoms with van der Waals surface area (Å²) in [6.07, 6.45) is 2.71. The number of halogens is 2. The average Bonchev–Trinajstić information content (AvgIpc) is 3.47. The second kappa shape index (κ2) is 13.0. The van der Waals surface area contributed by atoms with Crippen LogP contribution in [-0.2, 0) is 17.8 Å². The Hall–Kier alpha value is -4.22. The fraction of sp³-hybridized carbons (Fsp3) is 0.357. The first-order valence-electron chi connectivity index (χ1n) is 13.5. The highest BCUT2D eigenvalue weighted by Gasteiger charge is 2.30. The van der Waals surface area contributed by atoms with Gasteiger partial charge >= 0.3 is 0 Å². The van der Waals surface area contributed by atoms with Crippen LogP contribution in [0, 0.1) is 11.5 Å². The number of nitrogens with zero attached hydrogens (tertiary/aromatic N) is 5. The number of guanidine groups is 1. The number of carbonyl (C=O) groups excluding carboxylic acids is 3. The van der Waals surface area contributed by atoms with Crippen LogP contribution in [0.3, 0.4) is 0 Å². The minimum absolute atomic E-state index is 0.00546. The summed E-state index contributed by atoms with van der Waals surface area (Å²) in [5, 5.41) is 41.8. The predicted molar refractivity (Wildman–Crippen MR) is 158 cm³/mol. The van der Waals surface area contributed by atoms with Gasteiger partial charge in [0.2, 0.25) is 5.96 Å². The smallest absolute Gasteiger partial charge is 0.254 e. The minimum atomic E-state index is -1.08. The van der Waals surface area contributed by atoms with Crippen LogP contribution in [0.25, 0.3) is 10.9 Å². The van der Waals surface area contributed by atoms with Gasteiger partial charge in [0.15, 0.2) is 6.19 Å². The Labute approximate surface area is 256 Å². The number of likely N-dealkylation sites (tertiary alicyclic amines) is 1. The predicted octanol–water partition coefficient (Wildman–Crippen LogP) is 1.22. The Balaban J connectivity index is 1.28. The maximum atomic E-state index is 13.2. The van der Waals surface area contributed by atoms with Crippen LogP contribution in [0.15, 0.2) is 35.5 Å². The lowest BCUT2D eigenvalue weighted by atomic mass is 9.96. The average molecular weight is 627 g/mol. The van der Waals surface area contributed by atoms with E-state index in [1.54, 1.807) is 40.4 Å². The highest BCUT2D eigenvalue weighted by Crippen LogP contribution is 2.35. The molecular weight excluding hydrogens is 599 g/mol. The van der Waals surface area contributed by atoms with Crippen LogP contribution < -0.4 is 10.6 Å². The Bertz CT molecular complexity index is 1640. The maximum Gasteiger partial charge on any atom is 0.254 e. The molecule has 15 heteroatoms. The van der Waals surface area contributed by atoms with Crippen molar-refractivity contribution in [1.29, 1.82) is 5.26 Å². The summed E-state index contributed by atoms with van der Waals surface area (Å²) in [6, 6.07) is 5.85. The highest BCUT2D eigenvalue weighted by atomic mass is 35.5. The number of hydrogen-bond donors (Lipinski definition) is 5. The molecule has 0 unspecified atom stereocenters. The van der Waals surface area contributed by atoms with Crippen molar-refractivity contribution < 1.29 is 24.6 Å². The summed E-state index contributed by atoms with van der Waals surface area (Å²) in [5.74, 6) is -0.739. The van der Waals surface area contributed by atoms with Crippen molar-refractivity contribution in [2.75, 3.05) is 26.2 Å². The number of hydrogen-bond acceptors (Lipinski definition) is 8. The van der Waals surface area contributed by atoms with Crippen LogP contribution in [0.1, 0.15) is 38.3 Å². The van der Waals surface area contributed by atoms with Gasteiger partial charge in [-0.2, -0.15) is 10.4 Å². The zero-order chi connectivity index (χ0) is 30.7. The molecule has 13 nitrogen and oxygen atoms in total. The first kappa shape index (κ1) is 30.2. The highest BCUT2D eigenvalue weighted by molar-refractivity contribution is 6.40. The van der Waals surface area contributed by atoms with E-state index in [0.717, 1.165) is 10.9 Å². The second-order valence-electron chi connectivity index (χ2n) is 10.3. The van der Waals surface area contributed by atoms with Gasteiger partial charge in [0, 0.05) is 37.1 Å². The van der Waals surface area contributed by atoms with Crippen molar-refractivity contribution in [3.63, 3.8) is 0 Å². The number of aliphatic imine (C=N–C) groups is 1. The van der Waals surface area contributed by atoms with E-state index in [1.165, 1.54) is 0 Å². The zero-order valence-electron chi connectivity index (χ0n) is 22.8. The molecule has 3 atom stereocenters. The Morgan fingerprint density at radius 3 is 2.79 bits per heavy atom. The molecule has 1 saturated heterocycles. The van der Waals surface area contributed by atoms with E-state index in [2.05, 4.69) is 25.8 Å². The monoisotopic (exact) mass is 626 g/mol. The summed E-state index contributed by atoms with van der Waals surface area (Å²) < 4.78 is 0. The number of aliphatic hydroxyl groups excluding tert-OH is 2. The number of nitrogens with one attached hydrogen (secondary N) is 3. The number of carbonyl (C=O) groups is 3. The first-order valence-corrected chi connectivity index (χ1v) is 14.2. The third-order valence-electron chi connectivity index (χ3n) is 7.54. The van der Waals surface area contributed by atoms with E-state index >= 15 is 0 Å². The summed E-state index contributed by atoms with van der Waals surface area (Å²) in [4.78, 5) is 45.8. The van der Waals surface area contributed by atoms with E-state index in [-0.39, 0.29) is 53.5 Å². The Morgan fingerprint density at radius 2 is 2.05 bits per heavy atom. The van der Waals surface area contributed by atoms with E-state index in [9.17, 15) is 24.6 Å². The molecular formula is C28H28Cl2N8O5. The van der Waals surface area contributed by atoms with Crippen molar-refractivity contribution in [3.05, 3.63) is 62.8 Å². The van der Waals surface area contributed by atoms with E-state index in [1.807, 2.05) is 6.07 Å². The normalized spacial score (nSPS) is 19.4. The molecule has 1 aromatic heterocycles. The first-order chi connectivity index (χ1) is 20.7. The van der Waals surface area contributed by atoms with E-state index in [4.69, 9.17) is 28.5 Å². The third-order valence-corrected chi connectivity index (χ3v) is 8.26. The summed E-state index contributed by atoms with van der Waals surface area (Å²) in [7, 11) is 0. The molecule has 43 heavy (non-hydrogen) atoms. The molecule has 3 heterocycles. The lowest BCUT2D eigenvalue weighted by Gasteiger charge is -2.34. The van der Waals surface area contributed by atoms with Crippen molar-refractivity contribution in [1.82, 2.24) is 30.6 Å². The van der Waals surface area contributed by atoms with Gasteiger partial charge < -0.3 is 30.1 Å². The Kier molecular flexibility index (Phi) is 9.12. The third kappa shape index (κ3) is 6.42. The van der Waals surface area contributed by atoms with Gasteiger partial charge in [0.05, 0.1) is 46.1 Å². The number of aromatic nitrogens is 2. The molecule has 224 valence electrons. The number of piperidine rings is 1. The van der Waals surface area contributed by atoms with Gasteiger partial charge in [-0.25, -0.2) is 4.99 Å². The fourth-order valence-electron chi connectivity index (χ4n) is 5.21. The molecule has 0 saturated carbocycles. The van der Waals surface area contributed by atoms with Crippen molar-refractivity contribution in [2.45, 2.75) is 37.6 Å².